The summed E-state index contributed by atoms with van der Waals surface area (Å²) in [7, 11) is 2.79. The van der Waals surface area contributed by atoms with Gasteiger partial charge in [-0.3, -0.25) is 4.79 Å². The number of imidazole rings is 1. The molecule has 0 radical (unpaired) electrons. The van der Waals surface area contributed by atoms with Crippen molar-refractivity contribution in [2.75, 3.05) is 20.7 Å². The van der Waals surface area contributed by atoms with Crippen LogP contribution in [-0.2, 0) is 22.6 Å². The Morgan fingerprint density at radius 2 is 2.13 bits per heavy atom. The number of carbonyl (C=O) groups is 2. The minimum Gasteiger partial charge on any atom is -0.453 e. The first-order valence-electron chi connectivity index (χ1n) is 7.18. The van der Waals surface area contributed by atoms with Gasteiger partial charge in [-0.25, -0.2) is 9.78 Å². The summed E-state index contributed by atoms with van der Waals surface area (Å²) in [6, 6.07) is 7.96. The van der Waals surface area contributed by atoms with Gasteiger partial charge >= 0.3 is 6.09 Å². The maximum absolute atomic E-state index is 11.8. The van der Waals surface area contributed by atoms with Crippen molar-refractivity contribution in [1.29, 1.82) is 0 Å². The zero-order chi connectivity index (χ0) is 16.7. The maximum Gasteiger partial charge on any atom is 0.409 e. The molecule has 0 aliphatic carbocycles. The molecule has 0 aliphatic heterocycles. The van der Waals surface area contributed by atoms with E-state index in [1.54, 1.807) is 12.5 Å². The molecule has 2 rings (SSSR count). The molecular formula is C16H20N4O3. The molecule has 0 spiro atoms. The fourth-order valence-electron chi connectivity index (χ4n) is 2.12. The SMILES string of the molecule is COC(=O)N(C)CC(=O)NCc1cccc(Cn2ccnc2)c1. The number of aromatic nitrogens is 2. The number of carbonyl (C=O) groups excluding carboxylic acids is 2. The lowest BCUT2D eigenvalue weighted by Crippen LogP contribution is -2.38. The summed E-state index contributed by atoms with van der Waals surface area (Å²) in [5.41, 5.74) is 2.12. The van der Waals surface area contributed by atoms with Crippen LogP contribution >= 0.6 is 0 Å². The average Bonchev–Trinajstić information content (AvgIpc) is 3.05. The van der Waals surface area contributed by atoms with Crippen molar-refractivity contribution in [3.63, 3.8) is 0 Å². The fourth-order valence-corrected chi connectivity index (χ4v) is 2.12. The molecule has 2 aromatic rings. The first-order valence-corrected chi connectivity index (χ1v) is 7.18. The number of hydrogen-bond acceptors (Lipinski definition) is 4. The van der Waals surface area contributed by atoms with E-state index in [1.807, 2.05) is 35.0 Å². The van der Waals surface area contributed by atoms with Gasteiger partial charge in [-0.1, -0.05) is 24.3 Å². The van der Waals surface area contributed by atoms with E-state index in [2.05, 4.69) is 15.0 Å². The van der Waals surface area contributed by atoms with E-state index in [9.17, 15) is 9.59 Å². The van der Waals surface area contributed by atoms with Crippen LogP contribution in [0.2, 0.25) is 0 Å². The van der Waals surface area contributed by atoms with Gasteiger partial charge in [0.05, 0.1) is 13.4 Å². The number of amides is 2. The van der Waals surface area contributed by atoms with Gasteiger partial charge in [-0.15, -0.1) is 0 Å². The Balaban J connectivity index is 1.86. The second-order valence-corrected chi connectivity index (χ2v) is 5.16. The Hall–Kier alpha value is -2.83. The molecule has 0 saturated heterocycles. The summed E-state index contributed by atoms with van der Waals surface area (Å²) in [6.07, 6.45) is 4.86. The van der Waals surface area contributed by atoms with Crippen molar-refractivity contribution < 1.29 is 14.3 Å². The van der Waals surface area contributed by atoms with Crippen molar-refractivity contribution in [3.8, 4) is 0 Å². The van der Waals surface area contributed by atoms with Crippen molar-refractivity contribution >= 4 is 12.0 Å². The zero-order valence-electron chi connectivity index (χ0n) is 13.2. The van der Waals surface area contributed by atoms with E-state index in [0.717, 1.165) is 17.7 Å². The molecule has 1 aromatic heterocycles. The molecule has 0 atom stereocenters. The Bertz CT molecular complexity index is 655. The molecule has 0 fully saturated rings. The lowest BCUT2D eigenvalue weighted by molar-refractivity contribution is -0.121. The number of nitrogens with zero attached hydrogens (tertiary/aromatic N) is 3. The first kappa shape index (κ1) is 16.5. The summed E-state index contributed by atoms with van der Waals surface area (Å²) in [6.45, 7) is 1.10. The molecule has 1 N–H and O–H groups in total. The monoisotopic (exact) mass is 316 g/mol. The smallest absolute Gasteiger partial charge is 0.409 e. The Labute approximate surface area is 134 Å². The topological polar surface area (TPSA) is 76.5 Å². The minimum absolute atomic E-state index is 0.0403. The van der Waals surface area contributed by atoms with Crippen LogP contribution in [0.25, 0.3) is 0 Å². The molecule has 122 valence electrons. The number of nitrogens with one attached hydrogen (secondary N) is 1. The van der Waals surface area contributed by atoms with Crippen LogP contribution in [0.1, 0.15) is 11.1 Å². The highest BCUT2D eigenvalue weighted by Crippen LogP contribution is 2.07. The molecule has 1 aromatic carbocycles. The minimum atomic E-state index is -0.539. The second-order valence-electron chi connectivity index (χ2n) is 5.16. The van der Waals surface area contributed by atoms with Crippen molar-refractivity contribution in [1.82, 2.24) is 19.8 Å². The third-order valence-electron chi connectivity index (χ3n) is 3.27. The predicted molar refractivity (Wildman–Crippen MR) is 84.7 cm³/mol. The number of likely N-dealkylation sites (N-methyl/N-ethyl adjacent to an activating group) is 1. The molecule has 7 heteroatoms. The third-order valence-corrected chi connectivity index (χ3v) is 3.27. The summed E-state index contributed by atoms with van der Waals surface area (Å²) in [4.78, 5) is 28.3. The van der Waals surface area contributed by atoms with Crippen molar-refractivity contribution in [2.45, 2.75) is 13.1 Å². The van der Waals surface area contributed by atoms with Gasteiger partial charge in [0.2, 0.25) is 5.91 Å². The zero-order valence-corrected chi connectivity index (χ0v) is 13.2. The number of benzene rings is 1. The normalized spacial score (nSPS) is 10.2. The fraction of sp³-hybridized carbons (Fsp3) is 0.312. The highest BCUT2D eigenvalue weighted by molar-refractivity contribution is 5.81. The van der Waals surface area contributed by atoms with Crippen molar-refractivity contribution in [3.05, 3.63) is 54.1 Å². The Kier molecular flexibility index (Phi) is 5.74. The number of rotatable bonds is 6. The Morgan fingerprint density at radius 3 is 2.83 bits per heavy atom. The van der Waals surface area contributed by atoms with E-state index in [0.29, 0.717) is 6.54 Å². The summed E-state index contributed by atoms with van der Waals surface area (Å²) >= 11 is 0. The van der Waals surface area contributed by atoms with E-state index in [4.69, 9.17) is 0 Å². The molecule has 0 aliphatic rings. The third kappa shape index (κ3) is 5.14. The molecule has 2 amide bonds. The summed E-state index contributed by atoms with van der Waals surface area (Å²) in [5.74, 6) is -0.238. The van der Waals surface area contributed by atoms with Crippen LogP contribution in [0.15, 0.2) is 43.0 Å². The quantitative estimate of drug-likeness (QED) is 0.870. The molecule has 23 heavy (non-hydrogen) atoms. The molecule has 0 unspecified atom stereocenters. The predicted octanol–water partition coefficient (Wildman–Crippen LogP) is 1.25. The standard InChI is InChI=1S/C16H20N4O3/c1-19(16(22)23-2)11-15(21)18-9-13-4-3-5-14(8-13)10-20-7-6-17-12-20/h3-8,12H,9-11H2,1-2H3,(H,18,21). The van der Waals surface area contributed by atoms with Gasteiger partial charge in [0.15, 0.2) is 0 Å². The van der Waals surface area contributed by atoms with E-state index < -0.39 is 6.09 Å². The first-order chi connectivity index (χ1) is 11.1. The van der Waals surface area contributed by atoms with E-state index >= 15 is 0 Å². The van der Waals surface area contributed by atoms with Gasteiger partial charge in [0.25, 0.3) is 0 Å². The van der Waals surface area contributed by atoms with Crippen LogP contribution < -0.4 is 5.32 Å². The van der Waals surface area contributed by atoms with Gasteiger partial charge in [-0.2, -0.15) is 0 Å². The van der Waals surface area contributed by atoms with Crippen LogP contribution in [0.5, 0.6) is 0 Å². The summed E-state index contributed by atoms with van der Waals surface area (Å²) in [5, 5.41) is 2.79. The van der Waals surface area contributed by atoms with Crippen LogP contribution in [0.3, 0.4) is 0 Å². The molecular weight excluding hydrogens is 296 g/mol. The highest BCUT2D eigenvalue weighted by Gasteiger charge is 2.12. The molecule has 7 nitrogen and oxygen atoms in total. The van der Waals surface area contributed by atoms with Crippen molar-refractivity contribution in [2.24, 2.45) is 0 Å². The highest BCUT2D eigenvalue weighted by atomic mass is 16.5. The number of ether oxygens (including phenoxy) is 1. The second kappa shape index (κ2) is 7.98. The molecule has 1 heterocycles. The Morgan fingerprint density at radius 1 is 1.35 bits per heavy atom. The van der Waals surface area contributed by atoms with Gasteiger partial charge in [0.1, 0.15) is 6.54 Å². The number of hydrogen-bond donors (Lipinski definition) is 1. The lowest BCUT2D eigenvalue weighted by atomic mass is 10.1. The molecule has 0 saturated carbocycles. The lowest BCUT2D eigenvalue weighted by Gasteiger charge is -2.15. The van der Waals surface area contributed by atoms with Gasteiger partial charge < -0.3 is 19.5 Å². The van der Waals surface area contributed by atoms with E-state index in [-0.39, 0.29) is 12.5 Å². The van der Waals surface area contributed by atoms with Gasteiger partial charge in [-0.05, 0) is 11.1 Å². The van der Waals surface area contributed by atoms with Crippen LogP contribution in [-0.4, -0.2) is 47.2 Å². The summed E-state index contributed by atoms with van der Waals surface area (Å²) < 4.78 is 6.52. The van der Waals surface area contributed by atoms with Crippen LogP contribution in [0, 0.1) is 0 Å². The maximum atomic E-state index is 11.8. The van der Waals surface area contributed by atoms with E-state index in [1.165, 1.54) is 19.1 Å². The van der Waals surface area contributed by atoms with Gasteiger partial charge in [0, 0.05) is 32.5 Å². The average molecular weight is 316 g/mol. The molecule has 0 bridgehead atoms. The largest absolute Gasteiger partial charge is 0.453 e. The van der Waals surface area contributed by atoms with Crippen LogP contribution in [0.4, 0.5) is 4.79 Å². The number of methoxy groups -OCH3 is 1.